The highest BCUT2D eigenvalue weighted by Crippen LogP contribution is 2.28. The number of piperazine rings is 1. The zero-order valence-corrected chi connectivity index (χ0v) is 18.8. The van der Waals surface area contributed by atoms with Gasteiger partial charge in [-0.2, -0.15) is 0 Å². The van der Waals surface area contributed by atoms with Crippen LogP contribution in [0.2, 0.25) is 0 Å². The van der Waals surface area contributed by atoms with E-state index in [0.717, 1.165) is 16.7 Å². The monoisotopic (exact) mass is 445 g/mol. The van der Waals surface area contributed by atoms with E-state index in [2.05, 4.69) is 4.98 Å². The highest BCUT2D eigenvalue weighted by molar-refractivity contribution is 5.90. The van der Waals surface area contributed by atoms with E-state index < -0.39 is 6.04 Å². The fourth-order valence-corrected chi connectivity index (χ4v) is 4.09. The lowest BCUT2D eigenvalue weighted by molar-refractivity contribution is -0.151. The zero-order valence-electron chi connectivity index (χ0n) is 18.8. The average Bonchev–Trinajstić information content (AvgIpc) is 2.86. The number of methoxy groups -OCH3 is 1. The molecule has 0 unspecified atom stereocenters. The number of carbonyl (C=O) groups is 2. The van der Waals surface area contributed by atoms with Crippen LogP contribution in [0.4, 0.5) is 0 Å². The second kappa shape index (κ2) is 10.2. The van der Waals surface area contributed by atoms with Gasteiger partial charge in [-0.3, -0.25) is 14.6 Å². The van der Waals surface area contributed by atoms with Crippen LogP contribution >= 0.6 is 0 Å². The van der Waals surface area contributed by atoms with Crippen molar-refractivity contribution in [1.82, 2.24) is 14.8 Å². The third-order valence-corrected chi connectivity index (χ3v) is 5.88. The van der Waals surface area contributed by atoms with Gasteiger partial charge in [0.05, 0.1) is 7.11 Å². The Hall–Kier alpha value is -3.87. The number of nitrogens with zero attached hydrogens (tertiary/aromatic N) is 3. The lowest BCUT2D eigenvalue weighted by Gasteiger charge is -2.39. The van der Waals surface area contributed by atoms with Crippen LogP contribution in [0.5, 0.6) is 11.5 Å². The summed E-state index contributed by atoms with van der Waals surface area (Å²) in [7, 11) is 3.33. The highest BCUT2D eigenvalue weighted by Gasteiger charge is 2.36. The predicted molar refractivity (Wildman–Crippen MR) is 125 cm³/mol. The molecule has 0 radical (unpaired) electrons. The van der Waals surface area contributed by atoms with Crippen molar-refractivity contribution in [2.45, 2.75) is 12.5 Å². The highest BCUT2D eigenvalue weighted by atomic mass is 16.5. The number of aromatic nitrogens is 1. The molecule has 1 aliphatic rings. The Kier molecular flexibility index (Phi) is 6.88. The van der Waals surface area contributed by atoms with E-state index in [0.29, 0.717) is 31.0 Å². The molecular weight excluding hydrogens is 418 g/mol. The van der Waals surface area contributed by atoms with E-state index in [9.17, 15) is 9.59 Å². The third-order valence-electron chi connectivity index (χ3n) is 5.88. The number of rotatable bonds is 7. The molecule has 4 rings (SSSR count). The number of amides is 2. The minimum atomic E-state index is -0.597. The van der Waals surface area contributed by atoms with Gasteiger partial charge in [0.1, 0.15) is 6.04 Å². The molecule has 1 atom stereocenters. The summed E-state index contributed by atoms with van der Waals surface area (Å²) in [5.74, 6) is 0.751. The van der Waals surface area contributed by atoms with Crippen LogP contribution in [-0.2, 0) is 16.0 Å². The van der Waals surface area contributed by atoms with Crippen LogP contribution < -0.4 is 9.47 Å². The molecule has 33 heavy (non-hydrogen) atoms. The van der Waals surface area contributed by atoms with Gasteiger partial charge in [0, 0.05) is 39.0 Å². The molecule has 0 N–H and O–H groups in total. The summed E-state index contributed by atoms with van der Waals surface area (Å²) in [4.78, 5) is 33.7. The second-order valence-electron chi connectivity index (χ2n) is 7.90. The molecule has 0 bridgehead atoms. The molecule has 2 aromatic carbocycles. The number of carbonyl (C=O) groups excluding carboxylic acids is 2. The SMILES string of the molecule is COc1ccccc1OCC(=O)N1CCN(C)C(=O)[C@@H]1Cc1ccccc1-c1ccncc1. The van der Waals surface area contributed by atoms with Crippen molar-refractivity contribution >= 4 is 11.8 Å². The number of likely N-dealkylation sites (N-methyl/N-ethyl adjacent to an activating group) is 1. The van der Waals surface area contributed by atoms with E-state index in [1.54, 1.807) is 48.5 Å². The van der Waals surface area contributed by atoms with Crippen molar-refractivity contribution in [1.29, 1.82) is 0 Å². The van der Waals surface area contributed by atoms with Crippen LogP contribution in [0.15, 0.2) is 73.1 Å². The Balaban J connectivity index is 1.55. The molecule has 3 aromatic rings. The van der Waals surface area contributed by atoms with Crippen LogP contribution in [0, 0.1) is 0 Å². The van der Waals surface area contributed by atoms with Gasteiger partial charge in [-0.25, -0.2) is 0 Å². The normalized spacial score (nSPS) is 15.9. The molecular formula is C26H27N3O4. The van der Waals surface area contributed by atoms with Crippen LogP contribution in [0.25, 0.3) is 11.1 Å². The smallest absolute Gasteiger partial charge is 0.261 e. The minimum absolute atomic E-state index is 0.0728. The Labute approximate surface area is 193 Å². The molecule has 0 saturated carbocycles. The Morgan fingerprint density at radius 1 is 1.00 bits per heavy atom. The van der Waals surface area contributed by atoms with Gasteiger partial charge < -0.3 is 19.3 Å². The van der Waals surface area contributed by atoms with Crippen LogP contribution in [0.1, 0.15) is 5.56 Å². The Bertz CT molecular complexity index is 1120. The molecule has 2 heterocycles. The van der Waals surface area contributed by atoms with E-state index in [1.165, 1.54) is 0 Å². The number of hydrogen-bond donors (Lipinski definition) is 0. The van der Waals surface area contributed by atoms with Gasteiger partial charge in [0.25, 0.3) is 5.91 Å². The van der Waals surface area contributed by atoms with Gasteiger partial charge in [-0.1, -0.05) is 36.4 Å². The topological polar surface area (TPSA) is 72.0 Å². The number of para-hydroxylation sites is 2. The summed E-state index contributed by atoms with van der Waals surface area (Å²) in [6.07, 6.45) is 3.91. The molecule has 7 heteroatoms. The van der Waals surface area contributed by atoms with Crippen molar-refractivity contribution < 1.29 is 19.1 Å². The van der Waals surface area contributed by atoms with Gasteiger partial charge in [-0.05, 0) is 41.0 Å². The molecule has 1 aromatic heterocycles. The first-order chi connectivity index (χ1) is 16.1. The largest absolute Gasteiger partial charge is 0.493 e. The predicted octanol–water partition coefficient (Wildman–Crippen LogP) is 3.05. The summed E-state index contributed by atoms with van der Waals surface area (Å²) in [5, 5.41) is 0. The quantitative estimate of drug-likeness (QED) is 0.559. The maximum atomic E-state index is 13.2. The first kappa shape index (κ1) is 22.3. The van der Waals surface area contributed by atoms with Crippen LogP contribution in [-0.4, -0.2) is 66.5 Å². The number of ether oxygens (including phenoxy) is 2. The lowest BCUT2D eigenvalue weighted by atomic mass is 9.94. The molecule has 2 amide bonds. The van der Waals surface area contributed by atoms with Gasteiger partial charge >= 0.3 is 0 Å². The van der Waals surface area contributed by atoms with Crippen LogP contribution in [0.3, 0.4) is 0 Å². The second-order valence-corrected chi connectivity index (χ2v) is 7.90. The Morgan fingerprint density at radius 3 is 2.45 bits per heavy atom. The number of hydrogen-bond acceptors (Lipinski definition) is 5. The molecule has 7 nitrogen and oxygen atoms in total. The standard InChI is InChI=1S/C26H27N3O4/c1-28-15-16-29(25(30)18-33-24-10-6-5-9-23(24)32-2)22(26(28)31)17-20-7-3-4-8-21(20)19-11-13-27-14-12-19/h3-14,22H,15-18H2,1-2H3/t22-/m0/s1. The maximum absolute atomic E-state index is 13.2. The van der Waals surface area contributed by atoms with Gasteiger partial charge in [0.2, 0.25) is 5.91 Å². The molecule has 170 valence electrons. The van der Waals surface area contributed by atoms with E-state index >= 15 is 0 Å². The molecule has 1 saturated heterocycles. The summed E-state index contributed by atoms with van der Waals surface area (Å²) in [5.41, 5.74) is 3.05. The number of benzene rings is 2. The fourth-order valence-electron chi connectivity index (χ4n) is 4.09. The van der Waals surface area contributed by atoms with E-state index in [1.807, 2.05) is 48.5 Å². The first-order valence-electron chi connectivity index (χ1n) is 10.9. The minimum Gasteiger partial charge on any atom is -0.493 e. The third kappa shape index (κ3) is 4.98. The first-order valence-corrected chi connectivity index (χ1v) is 10.9. The molecule has 0 spiro atoms. The van der Waals surface area contributed by atoms with Gasteiger partial charge in [-0.15, -0.1) is 0 Å². The summed E-state index contributed by atoms with van der Waals surface area (Å²) in [6, 6.07) is 18.4. The molecule has 1 aliphatic heterocycles. The number of pyridine rings is 1. The summed E-state index contributed by atoms with van der Waals surface area (Å²) in [6.45, 7) is 0.778. The van der Waals surface area contributed by atoms with Crippen molar-refractivity contribution in [3.05, 3.63) is 78.6 Å². The maximum Gasteiger partial charge on any atom is 0.261 e. The summed E-state index contributed by atoms with van der Waals surface area (Å²) >= 11 is 0. The van der Waals surface area contributed by atoms with Gasteiger partial charge in [0.15, 0.2) is 18.1 Å². The molecule has 1 fully saturated rings. The fraction of sp³-hybridized carbons (Fsp3) is 0.269. The average molecular weight is 446 g/mol. The van der Waals surface area contributed by atoms with E-state index in [-0.39, 0.29) is 18.4 Å². The summed E-state index contributed by atoms with van der Waals surface area (Å²) < 4.78 is 11.0. The van der Waals surface area contributed by atoms with Crippen molar-refractivity contribution in [3.63, 3.8) is 0 Å². The molecule has 0 aliphatic carbocycles. The zero-order chi connectivity index (χ0) is 23.2. The Morgan fingerprint density at radius 2 is 1.70 bits per heavy atom. The van der Waals surface area contributed by atoms with Crippen molar-refractivity contribution in [2.75, 3.05) is 33.9 Å². The van der Waals surface area contributed by atoms with Crippen molar-refractivity contribution in [3.8, 4) is 22.6 Å². The lowest BCUT2D eigenvalue weighted by Crippen LogP contribution is -2.59. The van der Waals surface area contributed by atoms with E-state index in [4.69, 9.17) is 9.47 Å². The van der Waals surface area contributed by atoms with Crippen molar-refractivity contribution in [2.24, 2.45) is 0 Å².